The molecule has 8 heteroatoms. The Hall–Kier alpha value is -4.17. The van der Waals surface area contributed by atoms with E-state index in [1.54, 1.807) is 17.8 Å². The lowest BCUT2D eigenvalue weighted by atomic mass is 9.93. The van der Waals surface area contributed by atoms with Crippen LogP contribution in [0.25, 0.3) is 11.1 Å². The SMILES string of the molecule is CCCc1ccc(N(Cc2cc(F)cc(F)c2)Cc2ccc(C(=O)NC(CCSC)C(=O)OC)c(-c3ccccc3C)c2)cc1. The minimum atomic E-state index is -0.766. The number of carbonyl (C=O) groups excluding carboxylic acids is 2. The van der Waals surface area contributed by atoms with Crippen molar-refractivity contribution in [3.8, 4) is 11.1 Å². The van der Waals surface area contributed by atoms with Gasteiger partial charge in [0.05, 0.1) is 7.11 Å². The highest BCUT2D eigenvalue weighted by Crippen LogP contribution is 2.30. The summed E-state index contributed by atoms with van der Waals surface area (Å²) in [5, 5.41) is 2.89. The van der Waals surface area contributed by atoms with Gasteiger partial charge in [0.15, 0.2) is 0 Å². The number of carbonyl (C=O) groups is 2. The Morgan fingerprint density at radius 3 is 2.18 bits per heavy atom. The van der Waals surface area contributed by atoms with Gasteiger partial charge < -0.3 is 15.0 Å². The van der Waals surface area contributed by atoms with Crippen LogP contribution in [0, 0.1) is 18.6 Å². The van der Waals surface area contributed by atoms with Crippen molar-refractivity contribution in [1.29, 1.82) is 0 Å². The second-order valence-electron chi connectivity index (χ2n) is 11.1. The molecule has 0 bridgehead atoms. The molecule has 0 heterocycles. The number of hydrogen-bond acceptors (Lipinski definition) is 5. The summed E-state index contributed by atoms with van der Waals surface area (Å²) in [6.07, 6.45) is 4.39. The third-order valence-electron chi connectivity index (χ3n) is 7.67. The number of anilines is 1. The first-order chi connectivity index (χ1) is 21.7. The Kier molecular flexibility index (Phi) is 12.2. The van der Waals surface area contributed by atoms with Crippen molar-refractivity contribution in [2.24, 2.45) is 0 Å². The van der Waals surface area contributed by atoms with E-state index in [0.29, 0.717) is 29.8 Å². The van der Waals surface area contributed by atoms with Crippen LogP contribution >= 0.6 is 11.8 Å². The van der Waals surface area contributed by atoms with Gasteiger partial charge in [-0.1, -0.05) is 55.8 Å². The van der Waals surface area contributed by atoms with Crippen LogP contribution in [0.5, 0.6) is 0 Å². The zero-order chi connectivity index (χ0) is 32.3. The summed E-state index contributed by atoms with van der Waals surface area (Å²) in [5.41, 5.74) is 6.61. The van der Waals surface area contributed by atoms with Crippen molar-refractivity contribution < 1.29 is 23.1 Å². The number of ether oxygens (including phenoxy) is 1. The second-order valence-corrected chi connectivity index (χ2v) is 12.1. The van der Waals surface area contributed by atoms with Gasteiger partial charge in [-0.2, -0.15) is 11.8 Å². The van der Waals surface area contributed by atoms with Crippen LogP contribution in [0.4, 0.5) is 14.5 Å². The maximum atomic E-state index is 14.1. The molecule has 1 atom stereocenters. The van der Waals surface area contributed by atoms with E-state index >= 15 is 0 Å². The first-order valence-electron chi connectivity index (χ1n) is 15.1. The van der Waals surface area contributed by atoms with Gasteiger partial charge in [-0.05, 0) is 102 Å². The molecule has 1 unspecified atom stereocenters. The van der Waals surface area contributed by atoms with Gasteiger partial charge >= 0.3 is 5.97 Å². The van der Waals surface area contributed by atoms with Gasteiger partial charge in [-0.15, -0.1) is 0 Å². The molecule has 0 fully saturated rings. The van der Waals surface area contributed by atoms with Crippen LogP contribution in [-0.2, 0) is 29.0 Å². The molecule has 0 aliphatic heterocycles. The van der Waals surface area contributed by atoms with Gasteiger partial charge in [-0.25, -0.2) is 13.6 Å². The molecule has 4 aromatic rings. The first-order valence-corrected chi connectivity index (χ1v) is 16.5. The molecule has 4 aromatic carbocycles. The molecule has 0 aliphatic carbocycles. The maximum Gasteiger partial charge on any atom is 0.328 e. The van der Waals surface area contributed by atoms with Crippen LogP contribution in [0.2, 0.25) is 0 Å². The molecule has 0 saturated heterocycles. The van der Waals surface area contributed by atoms with Crippen molar-refractivity contribution in [2.45, 2.75) is 52.2 Å². The van der Waals surface area contributed by atoms with E-state index in [-0.39, 0.29) is 12.5 Å². The van der Waals surface area contributed by atoms with Crippen LogP contribution in [0.15, 0.2) is 84.9 Å². The van der Waals surface area contributed by atoms with E-state index < -0.39 is 23.6 Å². The number of benzene rings is 4. The Balaban J connectivity index is 1.73. The monoisotopic (exact) mass is 630 g/mol. The number of thioether (sulfide) groups is 1. The third-order valence-corrected chi connectivity index (χ3v) is 8.32. The van der Waals surface area contributed by atoms with Gasteiger partial charge in [-0.3, -0.25) is 4.79 Å². The third kappa shape index (κ3) is 9.17. The predicted octanol–water partition coefficient (Wildman–Crippen LogP) is 8.12. The molecule has 0 spiro atoms. The maximum absolute atomic E-state index is 14.1. The van der Waals surface area contributed by atoms with E-state index in [9.17, 15) is 18.4 Å². The number of hydrogen-bond donors (Lipinski definition) is 1. The first kappa shape index (κ1) is 33.7. The van der Waals surface area contributed by atoms with Crippen molar-refractivity contribution in [1.82, 2.24) is 5.32 Å². The predicted molar refractivity (Wildman–Crippen MR) is 180 cm³/mol. The topological polar surface area (TPSA) is 58.6 Å². The summed E-state index contributed by atoms with van der Waals surface area (Å²) in [5.74, 6) is -1.41. The highest BCUT2D eigenvalue weighted by molar-refractivity contribution is 7.98. The molecule has 0 radical (unpaired) electrons. The summed E-state index contributed by atoms with van der Waals surface area (Å²) >= 11 is 1.59. The fourth-order valence-electron chi connectivity index (χ4n) is 5.39. The molecule has 0 aliphatic rings. The summed E-state index contributed by atoms with van der Waals surface area (Å²) in [4.78, 5) is 28.2. The second kappa shape index (κ2) is 16.2. The van der Waals surface area contributed by atoms with Crippen molar-refractivity contribution in [3.63, 3.8) is 0 Å². The van der Waals surface area contributed by atoms with Crippen molar-refractivity contribution >= 4 is 29.3 Å². The van der Waals surface area contributed by atoms with Crippen molar-refractivity contribution in [2.75, 3.05) is 24.0 Å². The number of halogens is 2. The lowest BCUT2D eigenvalue weighted by molar-refractivity contribution is -0.142. The van der Waals surface area contributed by atoms with Gasteiger partial charge in [0.2, 0.25) is 0 Å². The molecule has 1 N–H and O–H groups in total. The zero-order valence-corrected chi connectivity index (χ0v) is 27.1. The van der Waals surface area contributed by atoms with Crippen LogP contribution < -0.4 is 10.2 Å². The highest BCUT2D eigenvalue weighted by Gasteiger charge is 2.24. The number of methoxy groups -OCH3 is 1. The van der Waals surface area contributed by atoms with E-state index in [4.69, 9.17) is 4.74 Å². The fraction of sp³-hybridized carbons (Fsp3) is 0.297. The van der Waals surface area contributed by atoms with Crippen LogP contribution in [-0.4, -0.2) is 37.0 Å². The van der Waals surface area contributed by atoms with Crippen LogP contribution in [0.3, 0.4) is 0 Å². The Labute approximate surface area is 269 Å². The highest BCUT2D eigenvalue weighted by atomic mass is 32.2. The molecular formula is C37H40F2N2O3S. The Bertz CT molecular complexity index is 1590. The number of esters is 1. The molecule has 5 nitrogen and oxygen atoms in total. The number of nitrogens with one attached hydrogen (secondary N) is 1. The summed E-state index contributed by atoms with van der Waals surface area (Å²) in [6.45, 7) is 4.82. The van der Waals surface area contributed by atoms with E-state index in [1.165, 1.54) is 24.8 Å². The average Bonchev–Trinajstić information content (AvgIpc) is 3.02. The fourth-order valence-corrected chi connectivity index (χ4v) is 5.86. The van der Waals surface area contributed by atoms with E-state index in [1.807, 2.05) is 61.7 Å². The van der Waals surface area contributed by atoms with Gasteiger partial charge in [0.25, 0.3) is 5.91 Å². The van der Waals surface area contributed by atoms with E-state index in [0.717, 1.165) is 46.8 Å². The van der Waals surface area contributed by atoms with Gasteiger partial charge in [0.1, 0.15) is 17.7 Å². The molecule has 0 aromatic heterocycles. The number of nitrogens with zero attached hydrogens (tertiary/aromatic N) is 1. The Morgan fingerprint density at radius 1 is 0.867 bits per heavy atom. The number of aryl methyl sites for hydroxylation is 2. The Morgan fingerprint density at radius 2 is 1.53 bits per heavy atom. The van der Waals surface area contributed by atoms with E-state index in [2.05, 4.69) is 29.3 Å². The quantitative estimate of drug-likeness (QED) is 0.143. The molecule has 0 saturated carbocycles. The largest absolute Gasteiger partial charge is 0.467 e. The average molecular weight is 631 g/mol. The minimum absolute atomic E-state index is 0.278. The molecule has 1 amide bonds. The standard InChI is InChI=1S/C37H40F2N2O3S/c1-5-8-26-11-14-31(15-12-26)41(24-28-19-29(38)22-30(39)20-28)23-27-13-16-33(34(21-27)32-10-7-6-9-25(32)2)36(42)40-35(17-18-45-4)37(43)44-3/h6-7,9-16,19-22,35H,5,8,17-18,23-24H2,1-4H3,(H,40,42). The number of rotatable bonds is 14. The van der Waals surface area contributed by atoms with Gasteiger partial charge in [0, 0.05) is 30.4 Å². The summed E-state index contributed by atoms with van der Waals surface area (Å²) < 4.78 is 33.3. The van der Waals surface area contributed by atoms with Crippen LogP contribution in [0.1, 0.15) is 52.4 Å². The smallest absolute Gasteiger partial charge is 0.328 e. The summed E-state index contributed by atoms with van der Waals surface area (Å²) in [6, 6.07) is 24.5. The number of amides is 1. The molecular weight excluding hydrogens is 590 g/mol. The minimum Gasteiger partial charge on any atom is -0.467 e. The normalized spacial score (nSPS) is 11.6. The molecule has 4 rings (SSSR count). The molecule has 236 valence electrons. The lowest BCUT2D eigenvalue weighted by Gasteiger charge is -2.26. The summed E-state index contributed by atoms with van der Waals surface area (Å²) in [7, 11) is 1.31. The lowest BCUT2D eigenvalue weighted by Crippen LogP contribution is -2.42. The zero-order valence-electron chi connectivity index (χ0n) is 26.2. The van der Waals surface area contributed by atoms with Crippen molar-refractivity contribution in [3.05, 3.63) is 124 Å². The molecule has 45 heavy (non-hydrogen) atoms.